The highest BCUT2D eigenvalue weighted by atomic mass is 16.5. The molecular weight excluding hydrogens is 388 g/mol. The van der Waals surface area contributed by atoms with Crippen LogP contribution in [0.2, 0.25) is 0 Å². The highest BCUT2D eigenvalue weighted by Crippen LogP contribution is 2.23. The van der Waals surface area contributed by atoms with Gasteiger partial charge in [0.1, 0.15) is 5.70 Å². The van der Waals surface area contributed by atoms with Crippen LogP contribution in [-0.2, 0) is 19.1 Å². The van der Waals surface area contributed by atoms with Gasteiger partial charge in [-0.3, -0.25) is 4.79 Å². The Labute approximate surface area is 176 Å². The van der Waals surface area contributed by atoms with Gasteiger partial charge in [-0.2, -0.15) is 0 Å². The van der Waals surface area contributed by atoms with Gasteiger partial charge in [-0.1, -0.05) is 32.6 Å². The van der Waals surface area contributed by atoms with E-state index in [0.29, 0.717) is 17.9 Å². The zero-order valence-electron chi connectivity index (χ0n) is 17.6. The Balaban J connectivity index is 1.97. The molecule has 2 rings (SSSR count). The van der Waals surface area contributed by atoms with Crippen molar-refractivity contribution in [2.45, 2.75) is 39.0 Å². The number of hydrogen-bond donors (Lipinski definition) is 2. The van der Waals surface area contributed by atoms with Crippen LogP contribution in [0.1, 0.15) is 49.4 Å². The molecule has 0 saturated carbocycles. The standard InChI is InChI=1S/C22H30N2O6/c1-3-4-5-6-7-14-30-21(27)16-8-10-17(11-9-16)23-19-18(22(28)29-2)15-24(12-13-25)20(19)26/h8-11,23,25H,3-7,12-15H2,1-2H3. The maximum absolute atomic E-state index is 12.5. The molecular formula is C22H30N2O6. The van der Waals surface area contributed by atoms with E-state index in [1.165, 1.54) is 24.9 Å². The first-order chi connectivity index (χ1) is 14.5. The smallest absolute Gasteiger partial charge is 0.338 e. The number of hydrogen-bond acceptors (Lipinski definition) is 7. The van der Waals surface area contributed by atoms with Crippen molar-refractivity contribution in [1.29, 1.82) is 0 Å². The summed E-state index contributed by atoms with van der Waals surface area (Å²) in [6.45, 7) is 2.53. The van der Waals surface area contributed by atoms with Crippen molar-refractivity contribution in [3.8, 4) is 0 Å². The molecule has 1 amide bonds. The molecule has 1 aromatic carbocycles. The molecule has 0 spiro atoms. The molecule has 2 N–H and O–H groups in total. The van der Waals surface area contributed by atoms with Gasteiger partial charge in [0, 0.05) is 12.2 Å². The Bertz CT molecular complexity index is 772. The summed E-state index contributed by atoms with van der Waals surface area (Å²) < 4.78 is 10.0. The lowest BCUT2D eigenvalue weighted by atomic mass is 10.1. The van der Waals surface area contributed by atoms with Gasteiger partial charge >= 0.3 is 11.9 Å². The van der Waals surface area contributed by atoms with E-state index < -0.39 is 17.8 Å². The molecule has 30 heavy (non-hydrogen) atoms. The van der Waals surface area contributed by atoms with Gasteiger partial charge in [0.25, 0.3) is 5.91 Å². The number of carbonyl (C=O) groups excluding carboxylic acids is 3. The summed E-state index contributed by atoms with van der Waals surface area (Å²) in [7, 11) is 1.25. The van der Waals surface area contributed by atoms with E-state index in [1.807, 2.05) is 0 Å². The number of amides is 1. The van der Waals surface area contributed by atoms with Crippen LogP contribution < -0.4 is 5.32 Å². The van der Waals surface area contributed by atoms with E-state index in [0.717, 1.165) is 19.3 Å². The fourth-order valence-electron chi connectivity index (χ4n) is 3.14. The van der Waals surface area contributed by atoms with E-state index >= 15 is 0 Å². The maximum atomic E-state index is 12.5. The zero-order chi connectivity index (χ0) is 21.9. The minimum Gasteiger partial charge on any atom is -0.466 e. The van der Waals surface area contributed by atoms with Crippen LogP contribution in [0.4, 0.5) is 5.69 Å². The van der Waals surface area contributed by atoms with E-state index in [2.05, 4.69) is 12.2 Å². The highest BCUT2D eigenvalue weighted by Gasteiger charge is 2.34. The largest absolute Gasteiger partial charge is 0.466 e. The lowest BCUT2D eigenvalue weighted by Crippen LogP contribution is -2.31. The van der Waals surface area contributed by atoms with Gasteiger partial charge in [-0.25, -0.2) is 9.59 Å². The van der Waals surface area contributed by atoms with Crippen molar-refractivity contribution in [1.82, 2.24) is 4.90 Å². The van der Waals surface area contributed by atoms with Crippen LogP contribution in [0, 0.1) is 0 Å². The Morgan fingerprint density at radius 1 is 1.10 bits per heavy atom. The number of unbranched alkanes of at least 4 members (excludes halogenated alkanes) is 4. The third-order valence-electron chi connectivity index (χ3n) is 4.82. The number of ether oxygens (including phenoxy) is 2. The van der Waals surface area contributed by atoms with E-state index in [4.69, 9.17) is 14.6 Å². The first-order valence-corrected chi connectivity index (χ1v) is 10.3. The molecule has 1 aliphatic heterocycles. The normalized spacial score (nSPS) is 13.6. The van der Waals surface area contributed by atoms with Gasteiger partial charge in [0.05, 0.1) is 38.0 Å². The molecule has 1 aromatic rings. The van der Waals surface area contributed by atoms with E-state index in [1.54, 1.807) is 24.3 Å². The number of benzene rings is 1. The average Bonchev–Trinajstić information content (AvgIpc) is 3.06. The van der Waals surface area contributed by atoms with Crippen LogP contribution in [0.25, 0.3) is 0 Å². The Kier molecular flexibility index (Phi) is 9.34. The Hall–Kier alpha value is -2.87. The van der Waals surface area contributed by atoms with Gasteiger partial charge in [0.15, 0.2) is 0 Å². The highest BCUT2D eigenvalue weighted by molar-refractivity contribution is 6.08. The van der Waals surface area contributed by atoms with Crippen molar-refractivity contribution in [3.05, 3.63) is 41.1 Å². The SMILES string of the molecule is CCCCCCCOC(=O)c1ccc(NC2=C(C(=O)OC)CN(CCO)C2=O)cc1. The number of carbonyl (C=O) groups is 3. The minimum atomic E-state index is -0.606. The first kappa shape index (κ1) is 23.4. The second-order valence-electron chi connectivity index (χ2n) is 7.05. The number of methoxy groups -OCH3 is 1. The molecule has 0 saturated heterocycles. The number of aliphatic hydroxyl groups is 1. The summed E-state index contributed by atoms with van der Waals surface area (Å²) in [6, 6.07) is 6.49. The first-order valence-electron chi connectivity index (χ1n) is 10.3. The predicted molar refractivity (Wildman–Crippen MR) is 112 cm³/mol. The number of nitrogens with zero attached hydrogens (tertiary/aromatic N) is 1. The second kappa shape index (κ2) is 12.0. The molecule has 0 unspecified atom stereocenters. The number of anilines is 1. The quantitative estimate of drug-likeness (QED) is 0.397. The molecule has 0 atom stereocenters. The molecule has 1 heterocycles. The van der Waals surface area contributed by atoms with Crippen molar-refractivity contribution in [2.75, 3.05) is 38.7 Å². The summed E-state index contributed by atoms with van der Waals surface area (Å²) in [4.78, 5) is 38.0. The van der Waals surface area contributed by atoms with Crippen molar-refractivity contribution in [3.63, 3.8) is 0 Å². The number of β-amino-alcohol motifs (C(OH)–C–C–N with tert-alkyl or cyclic N) is 1. The molecule has 0 fully saturated rings. The predicted octanol–water partition coefficient (Wildman–Crippen LogP) is 2.49. The molecule has 0 bridgehead atoms. The number of esters is 2. The summed E-state index contributed by atoms with van der Waals surface area (Å²) in [5.41, 5.74) is 1.26. The fourth-order valence-corrected chi connectivity index (χ4v) is 3.14. The van der Waals surface area contributed by atoms with Gasteiger partial charge in [0.2, 0.25) is 0 Å². The van der Waals surface area contributed by atoms with Crippen molar-refractivity contribution >= 4 is 23.5 Å². The minimum absolute atomic E-state index is 0.0665. The number of aliphatic hydroxyl groups excluding tert-OH is 1. The maximum Gasteiger partial charge on any atom is 0.338 e. The Morgan fingerprint density at radius 3 is 2.43 bits per heavy atom. The topological polar surface area (TPSA) is 105 Å². The number of rotatable bonds is 12. The van der Waals surface area contributed by atoms with Gasteiger partial charge in [-0.15, -0.1) is 0 Å². The zero-order valence-corrected chi connectivity index (χ0v) is 17.6. The fraction of sp³-hybridized carbons (Fsp3) is 0.500. The molecule has 0 radical (unpaired) electrons. The van der Waals surface area contributed by atoms with Crippen molar-refractivity contribution in [2.24, 2.45) is 0 Å². The van der Waals surface area contributed by atoms with Crippen LogP contribution in [-0.4, -0.2) is 61.3 Å². The number of nitrogens with one attached hydrogen (secondary N) is 1. The third-order valence-corrected chi connectivity index (χ3v) is 4.82. The van der Waals surface area contributed by atoms with Crippen LogP contribution in [0.5, 0.6) is 0 Å². The monoisotopic (exact) mass is 418 g/mol. The Morgan fingerprint density at radius 2 is 1.80 bits per heavy atom. The summed E-state index contributed by atoms with van der Waals surface area (Å²) in [5, 5.41) is 12.0. The lowest BCUT2D eigenvalue weighted by Gasteiger charge is -2.15. The van der Waals surface area contributed by atoms with E-state index in [9.17, 15) is 14.4 Å². The molecule has 8 heteroatoms. The van der Waals surface area contributed by atoms with Crippen molar-refractivity contribution < 1.29 is 29.0 Å². The molecule has 0 aliphatic carbocycles. The summed E-state index contributed by atoms with van der Waals surface area (Å²) in [6.07, 6.45) is 5.40. The third kappa shape index (κ3) is 6.32. The molecule has 0 aromatic heterocycles. The van der Waals surface area contributed by atoms with Crippen LogP contribution in [0.15, 0.2) is 35.5 Å². The second-order valence-corrected chi connectivity index (χ2v) is 7.05. The van der Waals surface area contributed by atoms with Crippen LogP contribution in [0.3, 0.4) is 0 Å². The summed E-state index contributed by atoms with van der Waals surface area (Å²) >= 11 is 0. The average molecular weight is 418 g/mol. The molecule has 8 nitrogen and oxygen atoms in total. The molecule has 1 aliphatic rings. The summed E-state index contributed by atoms with van der Waals surface area (Å²) in [5.74, 6) is -1.39. The van der Waals surface area contributed by atoms with E-state index in [-0.39, 0.29) is 31.0 Å². The van der Waals surface area contributed by atoms with Gasteiger partial charge in [-0.05, 0) is 30.7 Å². The lowest BCUT2D eigenvalue weighted by molar-refractivity contribution is -0.136. The van der Waals surface area contributed by atoms with Gasteiger partial charge < -0.3 is 24.8 Å². The molecule has 164 valence electrons. The van der Waals surface area contributed by atoms with Crippen LogP contribution >= 0.6 is 0 Å².